The minimum absolute atomic E-state index is 0.210. The molecule has 0 heterocycles. The molecule has 0 spiro atoms. The SMILES string of the molecule is CCCC1(CNS(=O)(=O)c2cccc(CN)c2C)CC1. The first-order valence-corrected chi connectivity index (χ1v) is 8.71. The molecule has 20 heavy (non-hydrogen) atoms. The molecule has 1 fully saturated rings. The van der Waals surface area contributed by atoms with Crippen LogP contribution in [0.1, 0.15) is 43.7 Å². The van der Waals surface area contributed by atoms with Crippen LogP contribution in [-0.2, 0) is 16.6 Å². The molecule has 1 aromatic carbocycles. The third-order valence-corrected chi connectivity index (χ3v) is 5.83. The van der Waals surface area contributed by atoms with Crippen molar-refractivity contribution in [3.8, 4) is 0 Å². The van der Waals surface area contributed by atoms with Crippen LogP contribution in [0.15, 0.2) is 23.1 Å². The summed E-state index contributed by atoms with van der Waals surface area (Å²) in [5.74, 6) is 0. The van der Waals surface area contributed by atoms with Gasteiger partial charge < -0.3 is 5.73 Å². The Kier molecular flexibility index (Phi) is 4.52. The number of nitrogens with one attached hydrogen (secondary N) is 1. The lowest BCUT2D eigenvalue weighted by molar-refractivity contribution is 0.449. The molecule has 5 heteroatoms. The maximum absolute atomic E-state index is 12.4. The van der Waals surface area contributed by atoms with E-state index in [1.165, 1.54) is 0 Å². The monoisotopic (exact) mass is 296 g/mol. The van der Waals surface area contributed by atoms with Gasteiger partial charge in [-0.2, -0.15) is 0 Å². The highest BCUT2D eigenvalue weighted by Crippen LogP contribution is 2.49. The summed E-state index contributed by atoms with van der Waals surface area (Å²) in [5, 5.41) is 0. The Morgan fingerprint density at radius 1 is 1.35 bits per heavy atom. The molecule has 0 aliphatic heterocycles. The number of hydrogen-bond donors (Lipinski definition) is 2. The fourth-order valence-electron chi connectivity index (χ4n) is 2.72. The summed E-state index contributed by atoms with van der Waals surface area (Å²) in [6, 6.07) is 5.27. The first-order valence-electron chi connectivity index (χ1n) is 7.22. The summed E-state index contributed by atoms with van der Waals surface area (Å²) >= 11 is 0. The van der Waals surface area contributed by atoms with E-state index >= 15 is 0 Å². The van der Waals surface area contributed by atoms with Crippen LogP contribution in [0.3, 0.4) is 0 Å². The molecule has 2 rings (SSSR count). The summed E-state index contributed by atoms with van der Waals surface area (Å²) < 4.78 is 27.7. The molecule has 0 radical (unpaired) electrons. The Bertz CT molecular complexity index is 578. The van der Waals surface area contributed by atoms with Crippen molar-refractivity contribution in [3.05, 3.63) is 29.3 Å². The molecule has 0 bridgehead atoms. The van der Waals surface area contributed by atoms with E-state index in [1.54, 1.807) is 12.1 Å². The summed E-state index contributed by atoms with van der Waals surface area (Å²) in [4.78, 5) is 0.354. The molecule has 0 aromatic heterocycles. The normalized spacial score (nSPS) is 17.1. The van der Waals surface area contributed by atoms with Crippen molar-refractivity contribution in [1.29, 1.82) is 0 Å². The minimum Gasteiger partial charge on any atom is -0.326 e. The van der Waals surface area contributed by atoms with Crippen LogP contribution < -0.4 is 10.5 Å². The van der Waals surface area contributed by atoms with E-state index < -0.39 is 10.0 Å². The van der Waals surface area contributed by atoms with Crippen molar-refractivity contribution in [2.75, 3.05) is 6.54 Å². The predicted molar refractivity (Wildman–Crippen MR) is 80.8 cm³/mol. The molecule has 0 unspecified atom stereocenters. The zero-order valence-corrected chi connectivity index (χ0v) is 13.1. The smallest absolute Gasteiger partial charge is 0.240 e. The number of sulfonamides is 1. The fraction of sp³-hybridized carbons (Fsp3) is 0.600. The van der Waals surface area contributed by atoms with Crippen molar-refractivity contribution < 1.29 is 8.42 Å². The Labute approximate surface area is 121 Å². The van der Waals surface area contributed by atoms with Crippen LogP contribution in [0.4, 0.5) is 0 Å². The average molecular weight is 296 g/mol. The first-order chi connectivity index (χ1) is 9.44. The maximum atomic E-state index is 12.4. The summed E-state index contributed by atoms with van der Waals surface area (Å²) in [5.41, 5.74) is 7.48. The molecule has 1 aromatic rings. The van der Waals surface area contributed by atoms with Crippen molar-refractivity contribution in [2.24, 2.45) is 11.1 Å². The van der Waals surface area contributed by atoms with Gasteiger partial charge in [0.2, 0.25) is 10.0 Å². The van der Waals surface area contributed by atoms with Crippen molar-refractivity contribution in [1.82, 2.24) is 4.72 Å². The third-order valence-electron chi connectivity index (χ3n) is 4.28. The van der Waals surface area contributed by atoms with E-state index in [1.807, 2.05) is 13.0 Å². The molecule has 0 amide bonds. The maximum Gasteiger partial charge on any atom is 0.240 e. The molecule has 1 saturated carbocycles. The van der Waals surface area contributed by atoms with E-state index in [2.05, 4.69) is 11.6 Å². The molecule has 4 nitrogen and oxygen atoms in total. The van der Waals surface area contributed by atoms with Gasteiger partial charge in [0.05, 0.1) is 4.90 Å². The van der Waals surface area contributed by atoms with Crippen LogP contribution in [0, 0.1) is 12.3 Å². The van der Waals surface area contributed by atoms with Gasteiger partial charge in [-0.3, -0.25) is 0 Å². The molecule has 1 aliphatic carbocycles. The zero-order valence-electron chi connectivity index (χ0n) is 12.3. The van der Waals surface area contributed by atoms with E-state index in [0.717, 1.165) is 36.8 Å². The number of rotatable bonds is 7. The average Bonchev–Trinajstić information content (AvgIpc) is 3.17. The molecule has 1 aliphatic rings. The second kappa shape index (κ2) is 5.84. The van der Waals surface area contributed by atoms with Gasteiger partial charge in [0.25, 0.3) is 0 Å². The van der Waals surface area contributed by atoms with Gasteiger partial charge in [0.1, 0.15) is 0 Å². The predicted octanol–water partition coefficient (Wildman–Crippen LogP) is 2.31. The highest BCUT2D eigenvalue weighted by Gasteiger charge is 2.42. The van der Waals surface area contributed by atoms with Crippen LogP contribution in [-0.4, -0.2) is 15.0 Å². The minimum atomic E-state index is -3.44. The largest absolute Gasteiger partial charge is 0.326 e. The van der Waals surface area contributed by atoms with Gasteiger partial charge in [0.15, 0.2) is 0 Å². The molecule has 3 N–H and O–H groups in total. The van der Waals surface area contributed by atoms with Gasteiger partial charge in [-0.05, 0) is 48.8 Å². The third kappa shape index (κ3) is 3.22. The van der Waals surface area contributed by atoms with Crippen LogP contribution in [0.25, 0.3) is 0 Å². The first kappa shape index (κ1) is 15.5. The van der Waals surface area contributed by atoms with Gasteiger partial charge >= 0.3 is 0 Å². The second-order valence-corrected chi connectivity index (χ2v) is 7.55. The lowest BCUT2D eigenvalue weighted by atomic mass is 10.0. The van der Waals surface area contributed by atoms with Crippen molar-refractivity contribution in [2.45, 2.75) is 51.0 Å². The molecule has 0 atom stereocenters. The second-order valence-electron chi connectivity index (χ2n) is 5.82. The Balaban J connectivity index is 2.15. The van der Waals surface area contributed by atoms with Gasteiger partial charge in [-0.15, -0.1) is 0 Å². The summed E-state index contributed by atoms with van der Waals surface area (Å²) in [6.45, 7) is 4.86. The van der Waals surface area contributed by atoms with E-state index in [4.69, 9.17) is 5.73 Å². The van der Waals surface area contributed by atoms with Gasteiger partial charge in [-0.1, -0.05) is 25.5 Å². The van der Waals surface area contributed by atoms with Crippen LogP contribution in [0.5, 0.6) is 0 Å². The molecular weight excluding hydrogens is 272 g/mol. The molecule has 0 saturated heterocycles. The van der Waals surface area contributed by atoms with Gasteiger partial charge in [0, 0.05) is 13.1 Å². The van der Waals surface area contributed by atoms with E-state index in [0.29, 0.717) is 18.0 Å². The lowest BCUT2D eigenvalue weighted by Gasteiger charge is -2.16. The Morgan fingerprint density at radius 2 is 2.05 bits per heavy atom. The highest BCUT2D eigenvalue weighted by molar-refractivity contribution is 7.89. The van der Waals surface area contributed by atoms with Crippen LogP contribution in [0.2, 0.25) is 0 Å². The summed E-state index contributed by atoms with van der Waals surface area (Å²) in [7, 11) is -3.44. The lowest BCUT2D eigenvalue weighted by Crippen LogP contribution is -2.31. The summed E-state index contributed by atoms with van der Waals surface area (Å²) in [6.07, 6.45) is 4.46. The Hall–Kier alpha value is -0.910. The molecular formula is C15H24N2O2S. The highest BCUT2D eigenvalue weighted by atomic mass is 32.2. The van der Waals surface area contributed by atoms with Crippen molar-refractivity contribution in [3.63, 3.8) is 0 Å². The number of benzene rings is 1. The van der Waals surface area contributed by atoms with E-state index in [-0.39, 0.29) is 5.41 Å². The van der Waals surface area contributed by atoms with Crippen molar-refractivity contribution >= 4 is 10.0 Å². The Morgan fingerprint density at radius 3 is 2.60 bits per heavy atom. The van der Waals surface area contributed by atoms with Gasteiger partial charge in [-0.25, -0.2) is 13.1 Å². The quantitative estimate of drug-likeness (QED) is 0.811. The number of nitrogens with two attached hydrogens (primary N) is 1. The zero-order chi connectivity index (χ0) is 14.8. The molecule has 112 valence electrons. The topological polar surface area (TPSA) is 72.2 Å². The van der Waals surface area contributed by atoms with Crippen LogP contribution >= 0.6 is 0 Å². The number of hydrogen-bond acceptors (Lipinski definition) is 3. The standard InChI is InChI=1S/C15H24N2O2S/c1-3-7-15(8-9-15)11-17-20(18,19)14-6-4-5-13(10-16)12(14)2/h4-6,17H,3,7-11,16H2,1-2H3. The van der Waals surface area contributed by atoms with E-state index in [9.17, 15) is 8.42 Å². The fourth-order valence-corrected chi connectivity index (χ4v) is 4.16.